The maximum Gasteiger partial charge on any atom is 0.206 e. The Balaban J connectivity index is 2.25. The Labute approximate surface area is 151 Å². The zero-order chi connectivity index (χ0) is 16.0. The summed E-state index contributed by atoms with van der Waals surface area (Å²) in [5, 5.41) is 16.0. The molecule has 0 amide bonds. The monoisotopic (exact) mass is 410 g/mol. The van der Waals surface area contributed by atoms with Crippen LogP contribution in [0.3, 0.4) is 0 Å². The molecule has 0 aromatic heterocycles. The molecule has 0 aromatic rings. The summed E-state index contributed by atoms with van der Waals surface area (Å²) in [7, 11) is 0. The zero-order valence-electron chi connectivity index (χ0n) is 10.0. The van der Waals surface area contributed by atoms with Gasteiger partial charge in [0.15, 0.2) is 0 Å². The first-order chi connectivity index (χ1) is 9.58. The van der Waals surface area contributed by atoms with Crippen molar-refractivity contribution in [3.8, 4) is 0 Å². The van der Waals surface area contributed by atoms with E-state index in [-0.39, 0.29) is 20.1 Å². The Morgan fingerprint density at radius 1 is 0.810 bits per heavy atom. The molecular weight excluding hydrogens is 405 g/mol. The number of allylic oxidation sites excluding steroid dienone is 4. The minimum atomic E-state index is -2.09. The second kappa shape index (κ2) is 6.23. The second-order valence-electron chi connectivity index (χ2n) is 4.37. The normalized spacial score (nSPS) is 40.2. The number of alkyl halides is 2. The van der Waals surface area contributed by atoms with Crippen LogP contribution in [0.15, 0.2) is 44.4 Å². The van der Waals surface area contributed by atoms with E-state index >= 15 is 0 Å². The quantitative estimate of drug-likeness (QED) is 0.671. The van der Waals surface area contributed by atoms with E-state index in [4.69, 9.17) is 74.3 Å². The van der Waals surface area contributed by atoms with Crippen LogP contribution >= 0.6 is 69.6 Å². The fourth-order valence-corrected chi connectivity index (χ4v) is 3.08. The number of rotatable bonds is 2. The summed E-state index contributed by atoms with van der Waals surface area (Å²) in [6, 6.07) is 0. The van der Waals surface area contributed by atoms with Crippen molar-refractivity contribution in [2.24, 2.45) is 0 Å². The van der Waals surface area contributed by atoms with Crippen molar-refractivity contribution >= 4 is 69.6 Å². The van der Waals surface area contributed by atoms with Crippen LogP contribution in [-0.2, 0) is 4.74 Å². The van der Waals surface area contributed by atoms with Crippen LogP contribution < -0.4 is 0 Å². The number of hydrogen-bond acceptors (Lipinski definition) is 3. The third-order valence-electron chi connectivity index (χ3n) is 2.92. The molecular formula is C12H8Cl6O3. The van der Waals surface area contributed by atoms with E-state index in [2.05, 4.69) is 0 Å². The van der Waals surface area contributed by atoms with Crippen LogP contribution in [0.1, 0.15) is 0 Å². The van der Waals surface area contributed by atoms with E-state index in [1.807, 2.05) is 0 Å². The molecule has 116 valence electrons. The number of ether oxygens (including phenoxy) is 1. The van der Waals surface area contributed by atoms with Crippen LogP contribution in [0, 0.1) is 0 Å². The predicted molar refractivity (Wildman–Crippen MR) is 86.0 cm³/mol. The molecule has 0 spiro atoms. The maximum atomic E-state index is 10.2. The molecule has 2 aliphatic carbocycles. The average molecular weight is 413 g/mol. The van der Waals surface area contributed by atoms with Crippen molar-refractivity contribution in [3.63, 3.8) is 0 Å². The Bertz CT molecular complexity index is 526. The lowest BCUT2D eigenvalue weighted by atomic mass is 10.0. The average Bonchev–Trinajstić information content (AvgIpc) is 2.40. The van der Waals surface area contributed by atoms with E-state index in [9.17, 15) is 10.2 Å². The molecule has 2 N–H and O–H groups in total. The second-order valence-corrected chi connectivity index (χ2v) is 7.09. The van der Waals surface area contributed by atoms with Gasteiger partial charge in [-0.3, -0.25) is 0 Å². The third kappa shape index (κ3) is 3.27. The van der Waals surface area contributed by atoms with Gasteiger partial charge in [0.1, 0.15) is 12.2 Å². The van der Waals surface area contributed by atoms with Gasteiger partial charge < -0.3 is 14.9 Å². The molecule has 9 heteroatoms. The summed E-state index contributed by atoms with van der Waals surface area (Å²) in [6.07, 6.45) is 3.36. The molecule has 0 aromatic carbocycles. The first kappa shape index (κ1) is 17.9. The first-order valence-electron chi connectivity index (χ1n) is 5.54. The van der Waals surface area contributed by atoms with Gasteiger partial charge in [-0.25, -0.2) is 0 Å². The van der Waals surface area contributed by atoms with E-state index in [1.54, 1.807) is 0 Å². The van der Waals surface area contributed by atoms with Crippen LogP contribution in [0.4, 0.5) is 0 Å². The van der Waals surface area contributed by atoms with Gasteiger partial charge in [0.05, 0.1) is 20.1 Å². The molecule has 21 heavy (non-hydrogen) atoms. The molecule has 0 radical (unpaired) electrons. The fourth-order valence-electron chi connectivity index (χ4n) is 1.76. The summed E-state index contributed by atoms with van der Waals surface area (Å²) < 4.78 is 5.51. The van der Waals surface area contributed by atoms with E-state index < -0.39 is 22.3 Å². The van der Waals surface area contributed by atoms with E-state index in [1.165, 1.54) is 24.3 Å². The van der Waals surface area contributed by atoms with Crippen LogP contribution in [0.5, 0.6) is 0 Å². The molecule has 4 unspecified atom stereocenters. The van der Waals surface area contributed by atoms with Crippen LogP contribution in [0.2, 0.25) is 0 Å². The minimum absolute atomic E-state index is 0.0790. The van der Waals surface area contributed by atoms with E-state index in [0.29, 0.717) is 0 Å². The van der Waals surface area contributed by atoms with Gasteiger partial charge in [-0.15, -0.1) is 0 Å². The lowest BCUT2D eigenvalue weighted by molar-refractivity contribution is -0.0829. The molecule has 0 fully saturated rings. The Hall–Kier alpha value is 0.580. The lowest BCUT2D eigenvalue weighted by Crippen LogP contribution is -2.48. The zero-order valence-corrected chi connectivity index (χ0v) is 14.6. The molecule has 0 aliphatic heterocycles. The number of aliphatic hydroxyl groups is 2. The van der Waals surface area contributed by atoms with Gasteiger partial charge in [-0.1, -0.05) is 69.6 Å². The van der Waals surface area contributed by atoms with Crippen LogP contribution in [0.25, 0.3) is 0 Å². The fraction of sp³-hybridized carbons (Fsp3) is 0.333. The van der Waals surface area contributed by atoms with Gasteiger partial charge in [-0.05, 0) is 24.3 Å². The molecule has 2 rings (SSSR count). The smallest absolute Gasteiger partial charge is 0.206 e. The summed E-state index contributed by atoms with van der Waals surface area (Å²) >= 11 is 35.2. The van der Waals surface area contributed by atoms with Crippen molar-refractivity contribution in [3.05, 3.63) is 44.4 Å². The Kier molecular flexibility index (Phi) is 5.32. The van der Waals surface area contributed by atoms with Gasteiger partial charge in [-0.2, -0.15) is 0 Å². The van der Waals surface area contributed by atoms with Crippen molar-refractivity contribution in [2.75, 3.05) is 0 Å². The number of halogens is 6. The summed E-state index contributed by atoms with van der Waals surface area (Å²) in [5.41, 5.74) is 0. The Morgan fingerprint density at radius 3 is 1.48 bits per heavy atom. The van der Waals surface area contributed by atoms with Gasteiger partial charge in [0.25, 0.3) is 0 Å². The highest BCUT2D eigenvalue weighted by Crippen LogP contribution is 2.43. The Morgan fingerprint density at radius 2 is 1.14 bits per heavy atom. The first-order valence-corrected chi connectivity index (χ1v) is 7.81. The maximum absolute atomic E-state index is 10.2. The highest BCUT2D eigenvalue weighted by atomic mass is 35.5. The minimum Gasteiger partial charge on any atom is -0.368 e. The van der Waals surface area contributed by atoms with Crippen molar-refractivity contribution in [1.82, 2.24) is 0 Å². The van der Waals surface area contributed by atoms with Crippen LogP contribution in [-0.4, -0.2) is 32.5 Å². The molecule has 3 nitrogen and oxygen atoms in total. The molecule has 0 bridgehead atoms. The molecule has 4 atom stereocenters. The SMILES string of the molecule is OC1(Cl)C(Cl)=C(Cl)C=CC1OC1C=CC(Cl)=C(Cl)C1(O)Cl. The molecule has 2 aliphatic rings. The summed E-state index contributed by atoms with van der Waals surface area (Å²) in [4.78, 5) is 0. The number of hydrogen-bond donors (Lipinski definition) is 2. The third-order valence-corrected chi connectivity index (χ3v) is 5.73. The topological polar surface area (TPSA) is 49.7 Å². The highest BCUT2D eigenvalue weighted by molar-refractivity contribution is 6.46. The molecule has 0 saturated heterocycles. The van der Waals surface area contributed by atoms with Crippen molar-refractivity contribution in [1.29, 1.82) is 0 Å². The molecule has 0 saturated carbocycles. The largest absolute Gasteiger partial charge is 0.368 e. The summed E-state index contributed by atoms with van der Waals surface area (Å²) in [5.74, 6) is 0. The van der Waals surface area contributed by atoms with Gasteiger partial charge in [0.2, 0.25) is 10.1 Å². The van der Waals surface area contributed by atoms with Gasteiger partial charge in [0, 0.05) is 0 Å². The summed E-state index contributed by atoms with van der Waals surface area (Å²) in [6.45, 7) is 0. The molecule has 0 heterocycles. The van der Waals surface area contributed by atoms with Crippen molar-refractivity contribution < 1.29 is 14.9 Å². The van der Waals surface area contributed by atoms with Crippen molar-refractivity contribution in [2.45, 2.75) is 22.3 Å². The van der Waals surface area contributed by atoms with E-state index in [0.717, 1.165) is 0 Å². The predicted octanol–water partition coefficient (Wildman–Crippen LogP) is 4.11. The lowest BCUT2D eigenvalue weighted by Gasteiger charge is -2.37. The highest BCUT2D eigenvalue weighted by Gasteiger charge is 2.47. The van der Waals surface area contributed by atoms with Gasteiger partial charge >= 0.3 is 0 Å². The standard InChI is InChI=1S/C12H8Cl6O3/c13-5-1-3-7(11(17,19)9(5)15)21-8-4-2-6(14)10(16)12(8,18)20/h1-4,7-8,19-20H.